The first-order chi connectivity index (χ1) is 11.1. The zero-order valence-electron chi connectivity index (χ0n) is 13.5. The number of nitrogens with one attached hydrogen (secondary N) is 1. The average Bonchev–Trinajstić information content (AvgIpc) is 2.54. The summed E-state index contributed by atoms with van der Waals surface area (Å²) >= 11 is 3.38. The summed E-state index contributed by atoms with van der Waals surface area (Å²) in [6, 6.07) is 10.9. The average molecular weight is 453 g/mol. The van der Waals surface area contributed by atoms with E-state index in [1.165, 1.54) is 13.3 Å². The van der Waals surface area contributed by atoms with Crippen LogP contribution in [-0.2, 0) is 9.53 Å². The Morgan fingerprint density at radius 2 is 2.08 bits per heavy atom. The van der Waals surface area contributed by atoms with Crippen LogP contribution in [0.1, 0.15) is 6.42 Å². The number of ether oxygens (including phenoxy) is 2. The number of pyridine rings is 1. The van der Waals surface area contributed by atoms with Crippen molar-refractivity contribution in [1.29, 1.82) is 0 Å². The first-order valence-corrected chi connectivity index (χ1v) is 7.82. The van der Waals surface area contributed by atoms with E-state index >= 15 is 0 Å². The maximum atomic E-state index is 11.8. The topological polar surface area (TPSA) is 86.5 Å². The fraction of sp³-hybridized carbons (Fsp3) is 0.250. The molecular formula is C16H20BrCl2N3O3. The molecule has 1 amide bonds. The van der Waals surface area contributed by atoms with Gasteiger partial charge in [0.25, 0.3) is 0 Å². The Kier molecular flexibility index (Phi) is 11.4. The molecule has 138 valence electrons. The molecule has 0 aliphatic carbocycles. The van der Waals surface area contributed by atoms with Crippen LogP contribution in [-0.4, -0.2) is 30.6 Å². The molecule has 0 saturated heterocycles. The molecule has 0 aliphatic rings. The molecule has 3 N–H and O–H groups in total. The van der Waals surface area contributed by atoms with Gasteiger partial charge in [0.05, 0.1) is 24.4 Å². The van der Waals surface area contributed by atoms with Crippen LogP contribution in [0.4, 0.5) is 5.69 Å². The molecule has 1 atom stereocenters. The number of methoxy groups -OCH3 is 1. The van der Waals surface area contributed by atoms with Crippen LogP contribution in [0, 0.1) is 0 Å². The van der Waals surface area contributed by atoms with E-state index in [1.54, 1.807) is 12.1 Å². The molecule has 0 bridgehead atoms. The van der Waals surface area contributed by atoms with Gasteiger partial charge in [0, 0.05) is 24.2 Å². The number of amides is 1. The van der Waals surface area contributed by atoms with Crippen LogP contribution in [0.15, 0.2) is 47.1 Å². The van der Waals surface area contributed by atoms with Gasteiger partial charge in [-0.2, -0.15) is 0 Å². The Morgan fingerprint density at radius 1 is 1.32 bits per heavy atom. The second-order valence-corrected chi connectivity index (χ2v) is 5.71. The standard InChI is InChI=1S/C16H18BrN3O3.2ClH/c1-22-14(9-18)8-15(21)20-12-5-6-16(19-10-12)23-13-4-2-3-11(17)7-13;;/h2-7,10,14H,8-9,18H2,1H3,(H,20,21);2*1H. The van der Waals surface area contributed by atoms with Gasteiger partial charge in [-0.15, -0.1) is 24.8 Å². The summed E-state index contributed by atoms with van der Waals surface area (Å²) in [7, 11) is 1.53. The Morgan fingerprint density at radius 3 is 2.64 bits per heavy atom. The number of carbonyl (C=O) groups excluding carboxylic acids is 1. The third kappa shape index (κ3) is 8.02. The lowest BCUT2D eigenvalue weighted by Crippen LogP contribution is -2.28. The van der Waals surface area contributed by atoms with Gasteiger partial charge in [-0.25, -0.2) is 4.98 Å². The summed E-state index contributed by atoms with van der Waals surface area (Å²) in [5.74, 6) is 0.942. The minimum absolute atomic E-state index is 0. The molecule has 2 rings (SSSR count). The van der Waals surface area contributed by atoms with E-state index in [9.17, 15) is 4.79 Å². The molecule has 2 aromatic rings. The second kappa shape index (κ2) is 12.1. The Hall–Kier alpha value is -1.38. The Bertz CT molecular complexity index is 655. The fourth-order valence-electron chi connectivity index (χ4n) is 1.85. The highest BCUT2D eigenvalue weighted by Gasteiger charge is 2.11. The Labute approximate surface area is 167 Å². The Balaban J connectivity index is 0.00000288. The molecule has 1 aromatic heterocycles. The van der Waals surface area contributed by atoms with Crippen molar-refractivity contribution >= 4 is 52.3 Å². The van der Waals surface area contributed by atoms with E-state index in [0.29, 0.717) is 23.9 Å². The number of benzene rings is 1. The van der Waals surface area contributed by atoms with Crippen molar-refractivity contribution in [3.63, 3.8) is 0 Å². The highest BCUT2D eigenvalue weighted by atomic mass is 79.9. The predicted molar refractivity (Wildman–Crippen MR) is 106 cm³/mol. The van der Waals surface area contributed by atoms with E-state index in [4.69, 9.17) is 15.2 Å². The zero-order valence-corrected chi connectivity index (χ0v) is 16.7. The summed E-state index contributed by atoms with van der Waals surface area (Å²) in [6.07, 6.45) is 1.45. The molecule has 1 unspecified atom stereocenters. The van der Waals surface area contributed by atoms with Crippen LogP contribution in [0.25, 0.3) is 0 Å². The first kappa shape index (κ1) is 23.6. The molecule has 25 heavy (non-hydrogen) atoms. The molecule has 1 heterocycles. The van der Waals surface area contributed by atoms with E-state index in [0.717, 1.165) is 4.47 Å². The van der Waals surface area contributed by atoms with E-state index in [-0.39, 0.29) is 43.2 Å². The lowest BCUT2D eigenvalue weighted by Gasteiger charge is -2.12. The van der Waals surface area contributed by atoms with Crippen LogP contribution < -0.4 is 15.8 Å². The molecule has 9 heteroatoms. The van der Waals surface area contributed by atoms with E-state index in [2.05, 4.69) is 26.2 Å². The lowest BCUT2D eigenvalue weighted by atomic mass is 10.2. The smallest absolute Gasteiger partial charge is 0.227 e. The van der Waals surface area contributed by atoms with Crippen LogP contribution in [0.5, 0.6) is 11.6 Å². The van der Waals surface area contributed by atoms with Crippen LogP contribution in [0.2, 0.25) is 0 Å². The number of hydrogen-bond donors (Lipinski definition) is 2. The lowest BCUT2D eigenvalue weighted by molar-refractivity contribution is -0.118. The second-order valence-electron chi connectivity index (χ2n) is 4.79. The van der Waals surface area contributed by atoms with Crippen molar-refractivity contribution < 1.29 is 14.3 Å². The van der Waals surface area contributed by atoms with E-state index < -0.39 is 0 Å². The zero-order chi connectivity index (χ0) is 16.7. The first-order valence-electron chi connectivity index (χ1n) is 7.03. The summed E-state index contributed by atoms with van der Waals surface area (Å²) in [5.41, 5.74) is 6.08. The molecule has 0 saturated carbocycles. The molecule has 1 aromatic carbocycles. The van der Waals surface area contributed by atoms with Gasteiger partial charge >= 0.3 is 0 Å². The summed E-state index contributed by atoms with van der Waals surface area (Å²) < 4.78 is 11.6. The van der Waals surface area contributed by atoms with Crippen molar-refractivity contribution in [2.45, 2.75) is 12.5 Å². The van der Waals surface area contributed by atoms with Gasteiger partial charge in [0.1, 0.15) is 5.75 Å². The molecule has 0 fully saturated rings. The fourth-order valence-corrected chi connectivity index (χ4v) is 2.23. The number of anilines is 1. The predicted octanol–water partition coefficient (Wildman–Crippen LogP) is 3.78. The molecule has 6 nitrogen and oxygen atoms in total. The number of nitrogens with zero attached hydrogens (tertiary/aromatic N) is 1. The summed E-state index contributed by atoms with van der Waals surface area (Å²) in [5, 5.41) is 2.74. The van der Waals surface area contributed by atoms with Crippen LogP contribution in [0.3, 0.4) is 0 Å². The number of nitrogens with two attached hydrogens (primary N) is 1. The SMILES string of the molecule is COC(CN)CC(=O)Nc1ccc(Oc2cccc(Br)c2)nc1.Cl.Cl. The third-order valence-electron chi connectivity index (χ3n) is 3.05. The van der Waals surface area contributed by atoms with Gasteiger partial charge in [-0.3, -0.25) is 4.79 Å². The van der Waals surface area contributed by atoms with Crippen LogP contribution >= 0.6 is 40.7 Å². The van der Waals surface area contributed by atoms with Crippen molar-refractivity contribution in [1.82, 2.24) is 4.98 Å². The van der Waals surface area contributed by atoms with E-state index in [1.807, 2.05) is 24.3 Å². The highest BCUT2D eigenvalue weighted by molar-refractivity contribution is 9.10. The number of halogens is 3. The highest BCUT2D eigenvalue weighted by Crippen LogP contribution is 2.23. The minimum Gasteiger partial charge on any atom is -0.439 e. The monoisotopic (exact) mass is 451 g/mol. The third-order valence-corrected chi connectivity index (χ3v) is 3.54. The van der Waals surface area contributed by atoms with Gasteiger partial charge in [0.2, 0.25) is 11.8 Å². The van der Waals surface area contributed by atoms with Crippen molar-refractivity contribution in [3.05, 3.63) is 47.1 Å². The summed E-state index contributed by atoms with van der Waals surface area (Å²) in [6.45, 7) is 0.293. The normalized spacial score (nSPS) is 10.8. The quantitative estimate of drug-likeness (QED) is 0.667. The number of carbonyl (C=O) groups is 1. The minimum atomic E-state index is -0.290. The van der Waals surface area contributed by atoms with Crippen molar-refractivity contribution in [2.24, 2.45) is 5.73 Å². The molecule has 0 radical (unpaired) electrons. The van der Waals surface area contributed by atoms with Gasteiger partial charge in [0.15, 0.2) is 0 Å². The molecular weight excluding hydrogens is 433 g/mol. The number of aromatic nitrogens is 1. The number of hydrogen-bond acceptors (Lipinski definition) is 5. The molecule has 0 aliphatic heterocycles. The maximum absolute atomic E-state index is 11.8. The van der Waals surface area contributed by atoms with Gasteiger partial charge in [-0.1, -0.05) is 22.0 Å². The van der Waals surface area contributed by atoms with Crippen molar-refractivity contribution in [3.8, 4) is 11.6 Å². The largest absolute Gasteiger partial charge is 0.439 e. The molecule has 0 spiro atoms. The maximum Gasteiger partial charge on any atom is 0.227 e. The summed E-state index contributed by atoms with van der Waals surface area (Å²) in [4.78, 5) is 16.0. The van der Waals surface area contributed by atoms with Gasteiger partial charge in [-0.05, 0) is 24.3 Å². The number of rotatable bonds is 7. The van der Waals surface area contributed by atoms with Gasteiger partial charge < -0.3 is 20.5 Å². The van der Waals surface area contributed by atoms with Crippen molar-refractivity contribution in [2.75, 3.05) is 19.0 Å².